The summed E-state index contributed by atoms with van der Waals surface area (Å²) in [6, 6.07) is 7.34. The van der Waals surface area contributed by atoms with Gasteiger partial charge in [0, 0.05) is 38.5 Å². The molecule has 0 saturated heterocycles. The Morgan fingerprint density at radius 2 is 2.22 bits per heavy atom. The first-order chi connectivity index (χ1) is 3.80. The predicted molar refractivity (Wildman–Crippen MR) is 30.0 cm³/mol. The van der Waals surface area contributed by atoms with Gasteiger partial charge in [-0.15, -0.1) is 11.6 Å². The Morgan fingerprint density at radius 3 is 2.56 bits per heavy atom. The van der Waals surface area contributed by atoms with Crippen LogP contribution >= 0.6 is 0 Å². The van der Waals surface area contributed by atoms with Gasteiger partial charge in [0.05, 0.1) is 0 Å². The minimum absolute atomic E-state index is 0. The molecule has 0 unspecified atom stereocenters. The maximum Gasteiger partial charge on any atom is 0.0180 e. The quantitative estimate of drug-likeness (QED) is 0.558. The molecule has 0 saturated carbocycles. The van der Waals surface area contributed by atoms with Crippen molar-refractivity contribution in [1.82, 2.24) is 0 Å². The molecule has 0 bridgehead atoms. The van der Waals surface area contributed by atoms with Gasteiger partial charge in [-0.2, -0.15) is 18.2 Å². The summed E-state index contributed by atoms with van der Waals surface area (Å²) < 4.78 is 12.3. The average molecular weight is 198 g/mol. The van der Waals surface area contributed by atoms with Crippen molar-refractivity contribution in [3.63, 3.8) is 0 Å². The number of hydrogen-bond acceptors (Lipinski definition) is 0. The van der Waals surface area contributed by atoms with E-state index in [0.717, 1.165) is 0 Å². The summed E-state index contributed by atoms with van der Waals surface area (Å²) in [7, 11) is 0. The Hall–Kier alpha value is 0.254. The van der Waals surface area contributed by atoms with Crippen molar-refractivity contribution in [2.24, 2.45) is 0 Å². The van der Waals surface area contributed by atoms with E-state index in [0.29, 0.717) is 5.56 Å². The van der Waals surface area contributed by atoms with Gasteiger partial charge in [-0.1, -0.05) is 6.92 Å². The van der Waals surface area contributed by atoms with Gasteiger partial charge >= 0.3 is 0 Å². The smallest absolute Gasteiger partial charge is 0.0180 e. The summed E-state index contributed by atoms with van der Waals surface area (Å²) in [6.45, 7) is 1.71. The van der Waals surface area contributed by atoms with Crippen molar-refractivity contribution < 1.29 is 37.1 Å². The van der Waals surface area contributed by atoms with Gasteiger partial charge in [0.15, 0.2) is 0 Å². The Morgan fingerprint density at radius 1 is 1.56 bits per heavy atom. The molecule has 1 rings (SSSR count). The second-order valence-corrected chi connectivity index (χ2v) is 1.68. The van der Waals surface area contributed by atoms with Gasteiger partial charge in [-0.3, -0.25) is 0 Å². The van der Waals surface area contributed by atoms with Crippen LogP contribution < -0.4 is 0 Å². The molecule has 0 aliphatic heterocycles. The Bertz CT molecular complexity index is 165. The molecule has 0 amide bonds. The zero-order valence-corrected chi connectivity index (χ0v) is 8.03. The molecule has 2 heteroatoms. The van der Waals surface area contributed by atoms with Crippen molar-refractivity contribution in [2.75, 3.05) is 0 Å². The Balaban J connectivity index is 0.000000640. The fourth-order valence-electron chi connectivity index (χ4n) is 0.495. The van der Waals surface area contributed by atoms with Crippen LogP contribution in [0.4, 0.5) is 4.39 Å². The third kappa shape index (κ3) is 2.55. The van der Waals surface area contributed by atoms with Crippen molar-refractivity contribution in [2.45, 2.75) is 6.92 Å². The van der Waals surface area contributed by atoms with E-state index in [-0.39, 0.29) is 38.5 Å². The fraction of sp³-hybridized carbons (Fsp3) is 0.143. The van der Waals surface area contributed by atoms with Gasteiger partial charge in [0.1, 0.15) is 0 Å². The third-order valence-electron chi connectivity index (χ3n) is 1.00. The summed E-state index contributed by atoms with van der Waals surface area (Å²) in [6.07, 6.45) is 0. The number of aryl methyl sites for hydroxylation is 1. The molecule has 1 aromatic carbocycles. The third-order valence-corrected chi connectivity index (χ3v) is 1.00. The molecular formula is C7H6FY-. The summed E-state index contributed by atoms with van der Waals surface area (Å²) in [5, 5.41) is 0. The molecule has 0 heterocycles. The van der Waals surface area contributed by atoms with Crippen LogP contribution in [0.25, 0.3) is 0 Å². The maximum absolute atomic E-state index is 12.3. The van der Waals surface area contributed by atoms with E-state index in [4.69, 9.17) is 0 Å². The number of hydrogen-bond donors (Lipinski definition) is 0. The molecular weight excluding hydrogens is 192 g/mol. The van der Waals surface area contributed by atoms with Crippen LogP contribution in [0.1, 0.15) is 5.56 Å². The molecule has 1 aromatic rings. The van der Waals surface area contributed by atoms with Crippen LogP contribution in [0.15, 0.2) is 18.2 Å². The van der Waals surface area contributed by atoms with Crippen molar-refractivity contribution in [3.05, 3.63) is 35.6 Å². The topological polar surface area (TPSA) is 0 Å². The first-order valence-corrected chi connectivity index (χ1v) is 2.43. The molecule has 0 aliphatic carbocycles. The summed E-state index contributed by atoms with van der Waals surface area (Å²) in [5.74, 6) is -0.163. The second kappa shape index (κ2) is 4.13. The number of benzene rings is 1. The molecule has 45 valence electrons. The Kier molecular flexibility index (Phi) is 4.25. The fourth-order valence-corrected chi connectivity index (χ4v) is 0.495. The molecule has 0 N–H and O–H groups in total. The SMILES string of the molecule is Cc1c[c-]ccc1F.[Y]. The van der Waals surface area contributed by atoms with E-state index < -0.39 is 0 Å². The average Bonchev–Trinajstić information content (AvgIpc) is 1.77. The van der Waals surface area contributed by atoms with Crippen LogP contribution in [0, 0.1) is 18.8 Å². The molecule has 9 heavy (non-hydrogen) atoms. The minimum Gasteiger partial charge on any atom is -0.235 e. The molecule has 0 aliphatic rings. The van der Waals surface area contributed by atoms with Crippen LogP contribution in [-0.2, 0) is 32.7 Å². The maximum atomic E-state index is 12.3. The number of halogens is 1. The summed E-state index contributed by atoms with van der Waals surface area (Å²) in [5.41, 5.74) is 0.646. The minimum atomic E-state index is -0.163. The van der Waals surface area contributed by atoms with Crippen LogP contribution in [0.2, 0.25) is 0 Å². The molecule has 0 spiro atoms. The van der Waals surface area contributed by atoms with E-state index in [2.05, 4.69) is 6.07 Å². The van der Waals surface area contributed by atoms with Gasteiger partial charge in [-0.25, -0.2) is 4.39 Å². The predicted octanol–water partition coefficient (Wildman–Crippen LogP) is 1.93. The van der Waals surface area contributed by atoms with Crippen LogP contribution in [-0.4, -0.2) is 0 Å². The monoisotopic (exact) mass is 198 g/mol. The Labute approximate surface area is 79.3 Å². The van der Waals surface area contributed by atoms with Gasteiger partial charge in [-0.05, 0) is 0 Å². The zero-order chi connectivity index (χ0) is 5.98. The second-order valence-electron chi connectivity index (χ2n) is 1.68. The molecule has 0 atom stereocenters. The van der Waals surface area contributed by atoms with E-state index in [1.807, 2.05) is 0 Å². The summed E-state index contributed by atoms with van der Waals surface area (Å²) >= 11 is 0. The van der Waals surface area contributed by atoms with Crippen molar-refractivity contribution in [3.8, 4) is 0 Å². The largest absolute Gasteiger partial charge is 0.235 e. The van der Waals surface area contributed by atoms with Crippen molar-refractivity contribution in [1.29, 1.82) is 0 Å². The normalized spacial score (nSPS) is 8.22. The van der Waals surface area contributed by atoms with Crippen LogP contribution in [0.5, 0.6) is 0 Å². The molecule has 0 fully saturated rings. The van der Waals surface area contributed by atoms with Gasteiger partial charge in [0.2, 0.25) is 0 Å². The van der Waals surface area contributed by atoms with E-state index in [9.17, 15) is 4.39 Å². The van der Waals surface area contributed by atoms with E-state index in [1.54, 1.807) is 19.1 Å². The van der Waals surface area contributed by atoms with E-state index in [1.165, 1.54) is 6.07 Å². The van der Waals surface area contributed by atoms with Gasteiger partial charge < -0.3 is 0 Å². The summed E-state index contributed by atoms with van der Waals surface area (Å²) in [4.78, 5) is 0. The molecule has 0 nitrogen and oxygen atoms in total. The van der Waals surface area contributed by atoms with E-state index >= 15 is 0 Å². The standard InChI is InChI=1S/C7H6F.Y/c1-6-4-2-3-5-7(6)8;/h3-5H,1H3;/q-1;. The van der Waals surface area contributed by atoms with Gasteiger partial charge in [0.25, 0.3) is 0 Å². The molecule has 0 aromatic heterocycles. The van der Waals surface area contributed by atoms with Crippen LogP contribution in [0.3, 0.4) is 0 Å². The first kappa shape index (κ1) is 9.25. The number of rotatable bonds is 0. The first-order valence-electron chi connectivity index (χ1n) is 2.43. The van der Waals surface area contributed by atoms with Crippen molar-refractivity contribution >= 4 is 0 Å². The molecule has 1 radical (unpaired) electrons. The zero-order valence-electron chi connectivity index (χ0n) is 5.19.